The molecule has 4 aromatic rings. The second-order valence-electron chi connectivity index (χ2n) is 10.1. The van der Waals surface area contributed by atoms with E-state index in [9.17, 15) is 4.79 Å². The van der Waals surface area contributed by atoms with Gasteiger partial charge in [-0.25, -0.2) is 9.97 Å². The summed E-state index contributed by atoms with van der Waals surface area (Å²) in [6.45, 7) is 5.16. The number of rotatable bonds is 8. The van der Waals surface area contributed by atoms with Crippen molar-refractivity contribution < 1.29 is 14.3 Å². The highest BCUT2D eigenvalue weighted by atomic mass is 16.5. The van der Waals surface area contributed by atoms with Crippen LogP contribution in [0.4, 0.5) is 0 Å². The lowest BCUT2D eigenvalue weighted by Gasteiger charge is -2.21. The molecule has 1 heterocycles. The van der Waals surface area contributed by atoms with Gasteiger partial charge in [0.1, 0.15) is 11.5 Å². The average molecular weight is 524 g/mol. The highest BCUT2D eigenvalue weighted by Crippen LogP contribution is 2.33. The van der Waals surface area contributed by atoms with E-state index in [-0.39, 0.29) is 11.9 Å². The molecular weight excluding hydrogens is 486 g/mol. The van der Waals surface area contributed by atoms with Crippen LogP contribution in [0.15, 0.2) is 66.7 Å². The van der Waals surface area contributed by atoms with E-state index in [1.165, 1.54) is 32.1 Å². The summed E-state index contributed by atoms with van der Waals surface area (Å²) in [5.41, 5.74) is 5.47. The zero-order valence-electron chi connectivity index (χ0n) is 22.9. The van der Waals surface area contributed by atoms with Crippen LogP contribution in [0.3, 0.4) is 0 Å². The van der Waals surface area contributed by atoms with E-state index < -0.39 is 0 Å². The van der Waals surface area contributed by atoms with E-state index in [0.29, 0.717) is 24.3 Å². The zero-order valence-corrected chi connectivity index (χ0v) is 22.9. The number of carbonyl (C=O) groups is 1. The van der Waals surface area contributed by atoms with Crippen LogP contribution in [-0.4, -0.2) is 35.1 Å². The number of amides is 1. The van der Waals surface area contributed by atoms with Gasteiger partial charge in [0.05, 0.1) is 35.6 Å². The third-order valence-corrected chi connectivity index (χ3v) is 7.24. The maximum absolute atomic E-state index is 13.2. The van der Waals surface area contributed by atoms with Crippen LogP contribution >= 0.6 is 0 Å². The Balaban J connectivity index is 1.51. The third-order valence-electron chi connectivity index (χ3n) is 7.24. The fourth-order valence-electron chi connectivity index (χ4n) is 5.22. The van der Waals surface area contributed by atoms with Crippen LogP contribution < -0.4 is 14.8 Å². The molecule has 202 valence electrons. The molecule has 0 radical (unpaired) electrons. The molecular formula is C33H37N3O3. The molecule has 3 aromatic carbocycles. The normalized spacial score (nSPS) is 14.4. The molecule has 0 unspecified atom stereocenters. The van der Waals surface area contributed by atoms with Crippen LogP contribution in [0.25, 0.3) is 33.5 Å². The second kappa shape index (κ2) is 12.7. The molecule has 0 bridgehead atoms. The number of carbonyl (C=O) groups excluding carboxylic acids is 1. The fraction of sp³-hybridized carbons (Fsp3) is 0.364. The van der Waals surface area contributed by atoms with Crippen LogP contribution in [0.5, 0.6) is 11.5 Å². The first-order valence-electron chi connectivity index (χ1n) is 14.2. The van der Waals surface area contributed by atoms with Crippen LogP contribution in [0.1, 0.15) is 69.2 Å². The number of fused-ring (bicyclic) bond motifs is 1. The van der Waals surface area contributed by atoms with E-state index in [4.69, 9.17) is 19.4 Å². The SMILES string of the molecule is CCOc1ccc(-c2nc3ccc(C(=O)NC4CCCCCCC4)cc3nc2-c2ccc(OCC)cc2)cc1. The van der Waals surface area contributed by atoms with Crippen LogP contribution in [0.2, 0.25) is 0 Å². The highest BCUT2D eigenvalue weighted by Gasteiger charge is 2.18. The van der Waals surface area contributed by atoms with Crippen LogP contribution in [-0.2, 0) is 0 Å². The molecule has 0 aliphatic heterocycles. The van der Waals surface area contributed by atoms with Gasteiger partial charge in [0, 0.05) is 22.7 Å². The van der Waals surface area contributed by atoms with Crippen molar-refractivity contribution in [2.45, 2.75) is 64.8 Å². The molecule has 1 aromatic heterocycles. The summed E-state index contributed by atoms with van der Waals surface area (Å²) in [5.74, 6) is 1.59. The number of nitrogens with zero attached hydrogens (tertiary/aromatic N) is 2. The standard InChI is InChI=1S/C33H37N3O3/c1-3-38-27-17-12-23(13-18-27)31-32(24-14-19-28(20-15-24)39-4-2)36-30-22-25(16-21-29(30)35-31)33(37)34-26-10-8-6-5-7-9-11-26/h12-22,26H,3-11H2,1-2H3,(H,34,37). The van der Waals surface area contributed by atoms with E-state index >= 15 is 0 Å². The maximum atomic E-state index is 13.2. The average Bonchev–Trinajstić information content (AvgIpc) is 2.94. The molecule has 1 fully saturated rings. The topological polar surface area (TPSA) is 73.3 Å². The van der Waals surface area contributed by atoms with E-state index in [0.717, 1.165) is 52.4 Å². The van der Waals surface area contributed by atoms with Gasteiger partial charge < -0.3 is 14.8 Å². The Morgan fingerprint density at radius 1 is 0.718 bits per heavy atom. The summed E-state index contributed by atoms with van der Waals surface area (Å²) in [5, 5.41) is 3.27. The first-order valence-corrected chi connectivity index (χ1v) is 14.2. The van der Waals surface area contributed by atoms with Crippen molar-refractivity contribution in [1.82, 2.24) is 15.3 Å². The fourth-order valence-corrected chi connectivity index (χ4v) is 5.22. The van der Waals surface area contributed by atoms with Gasteiger partial charge in [-0.1, -0.05) is 32.1 Å². The Bertz CT molecular complexity index is 1390. The van der Waals surface area contributed by atoms with Gasteiger partial charge in [0.15, 0.2) is 0 Å². The first kappa shape index (κ1) is 26.7. The molecule has 0 spiro atoms. The van der Waals surface area contributed by atoms with Gasteiger partial charge in [0.25, 0.3) is 5.91 Å². The van der Waals surface area contributed by atoms with E-state index in [2.05, 4.69) is 5.32 Å². The summed E-state index contributed by atoms with van der Waals surface area (Å²) in [6.07, 6.45) is 8.26. The molecule has 1 N–H and O–H groups in total. The molecule has 0 saturated heterocycles. The number of benzene rings is 3. The Morgan fingerprint density at radius 3 is 1.77 bits per heavy atom. The Kier molecular flexibility index (Phi) is 8.71. The lowest BCUT2D eigenvalue weighted by Crippen LogP contribution is -2.35. The predicted octanol–water partition coefficient (Wildman–Crippen LogP) is 7.60. The Morgan fingerprint density at radius 2 is 1.23 bits per heavy atom. The van der Waals surface area contributed by atoms with Gasteiger partial charge in [-0.05, 0) is 93.4 Å². The van der Waals surface area contributed by atoms with Crippen molar-refractivity contribution in [2.24, 2.45) is 0 Å². The van der Waals surface area contributed by atoms with E-state index in [1.54, 1.807) is 0 Å². The second-order valence-corrected chi connectivity index (χ2v) is 10.1. The van der Waals surface area contributed by atoms with Gasteiger partial charge in [-0.3, -0.25) is 4.79 Å². The smallest absolute Gasteiger partial charge is 0.251 e. The van der Waals surface area contributed by atoms with Crippen molar-refractivity contribution in [1.29, 1.82) is 0 Å². The Labute approximate surface area is 230 Å². The molecule has 6 nitrogen and oxygen atoms in total. The number of ether oxygens (including phenoxy) is 2. The minimum atomic E-state index is -0.0394. The Hall–Kier alpha value is -3.93. The monoisotopic (exact) mass is 523 g/mol. The minimum absolute atomic E-state index is 0.0394. The molecule has 1 saturated carbocycles. The first-order chi connectivity index (χ1) is 19.1. The summed E-state index contributed by atoms with van der Waals surface area (Å²) in [6, 6.07) is 21.7. The summed E-state index contributed by atoms with van der Waals surface area (Å²) in [4.78, 5) is 23.3. The lowest BCUT2D eigenvalue weighted by molar-refractivity contribution is 0.0930. The minimum Gasteiger partial charge on any atom is -0.494 e. The molecule has 1 aliphatic carbocycles. The van der Waals surface area contributed by atoms with Gasteiger partial charge in [-0.2, -0.15) is 0 Å². The summed E-state index contributed by atoms with van der Waals surface area (Å²) in [7, 11) is 0. The number of aromatic nitrogens is 2. The number of hydrogen-bond donors (Lipinski definition) is 1. The molecule has 39 heavy (non-hydrogen) atoms. The molecule has 1 aliphatic rings. The number of nitrogens with one attached hydrogen (secondary N) is 1. The number of hydrogen-bond acceptors (Lipinski definition) is 5. The zero-order chi connectivity index (χ0) is 27.0. The molecule has 6 heteroatoms. The van der Waals surface area contributed by atoms with E-state index in [1.807, 2.05) is 80.6 Å². The van der Waals surface area contributed by atoms with Crippen molar-refractivity contribution in [3.8, 4) is 34.0 Å². The maximum Gasteiger partial charge on any atom is 0.251 e. The molecule has 0 atom stereocenters. The van der Waals surface area contributed by atoms with Crippen molar-refractivity contribution in [3.63, 3.8) is 0 Å². The quantitative estimate of drug-likeness (QED) is 0.257. The van der Waals surface area contributed by atoms with Gasteiger partial charge in [0.2, 0.25) is 0 Å². The van der Waals surface area contributed by atoms with Gasteiger partial charge in [-0.15, -0.1) is 0 Å². The third kappa shape index (κ3) is 6.56. The van der Waals surface area contributed by atoms with Crippen molar-refractivity contribution in [3.05, 3.63) is 72.3 Å². The van der Waals surface area contributed by atoms with Crippen molar-refractivity contribution >= 4 is 16.9 Å². The highest BCUT2D eigenvalue weighted by molar-refractivity contribution is 5.98. The molecule has 1 amide bonds. The lowest BCUT2D eigenvalue weighted by atomic mass is 9.96. The van der Waals surface area contributed by atoms with Crippen molar-refractivity contribution in [2.75, 3.05) is 13.2 Å². The summed E-state index contributed by atoms with van der Waals surface area (Å²) < 4.78 is 11.3. The largest absolute Gasteiger partial charge is 0.494 e. The van der Waals surface area contributed by atoms with Gasteiger partial charge >= 0.3 is 0 Å². The molecule has 5 rings (SSSR count). The predicted molar refractivity (Wildman–Crippen MR) is 156 cm³/mol. The summed E-state index contributed by atoms with van der Waals surface area (Å²) >= 11 is 0. The van der Waals surface area contributed by atoms with Crippen LogP contribution in [0, 0.1) is 0 Å².